The minimum Gasteiger partial charge on any atom is -0.0622 e. The van der Waals surface area contributed by atoms with Gasteiger partial charge in [0.1, 0.15) is 0 Å². The molecule has 17 heavy (non-hydrogen) atoms. The van der Waals surface area contributed by atoms with Gasteiger partial charge in [0.25, 0.3) is 0 Å². The first-order valence-electron chi connectivity index (χ1n) is 6.07. The van der Waals surface area contributed by atoms with E-state index in [0.717, 1.165) is 0 Å². The normalized spacial score (nSPS) is 10.9. The van der Waals surface area contributed by atoms with Gasteiger partial charge in [-0.05, 0) is 43.0 Å². The van der Waals surface area contributed by atoms with E-state index >= 15 is 0 Å². The van der Waals surface area contributed by atoms with Gasteiger partial charge in [-0.1, -0.05) is 55.0 Å². The Bertz CT molecular complexity index is 486. The van der Waals surface area contributed by atoms with E-state index in [1.807, 2.05) is 0 Å². The van der Waals surface area contributed by atoms with E-state index in [4.69, 9.17) is 0 Å². The lowest BCUT2D eigenvalue weighted by Gasteiger charge is -2.18. The zero-order valence-electron chi connectivity index (χ0n) is 11.0. The lowest BCUT2D eigenvalue weighted by molar-refractivity contribution is 1.12. The van der Waals surface area contributed by atoms with Crippen molar-refractivity contribution in [3.63, 3.8) is 0 Å². The topological polar surface area (TPSA) is 0 Å². The fourth-order valence-corrected chi connectivity index (χ4v) is 2.60. The molecule has 2 aromatic rings. The highest BCUT2D eigenvalue weighted by atomic mass is 14.2. The van der Waals surface area contributed by atoms with E-state index in [1.165, 1.54) is 33.7 Å². The molecule has 0 heterocycles. The van der Waals surface area contributed by atoms with Crippen LogP contribution in [0.3, 0.4) is 0 Å². The summed E-state index contributed by atoms with van der Waals surface area (Å²) in [6, 6.07) is 15.1. The molecular formula is C17H19. The van der Waals surface area contributed by atoms with Crippen molar-refractivity contribution >= 4 is 0 Å². The van der Waals surface area contributed by atoms with Crippen LogP contribution in [0.25, 0.3) is 0 Å². The van der Waals surface area contributed by atoms with Crippen LogP contribution in [0, 0.1) is 26.7 Å². The van der Waals surface area contributed by atoms with E-state index in [-0.39, 0.29) is 0 Å². The summed E-state index contributed by atoms with van der Waals surface area (Å²) in [7, 11) is 0. The maximum absolute atomic E-state index is 2.26. The molecule has 0 N–H and O–H groups in total. The van der Waals surface area contributed by atoms with Gasteiger partial charge in [-0.2, -0.15) is 0 Å². The second kappa shape index (κ2) is 4.75. The van der Waals surface area contributed by atoms with Crippen molar-refractivity contribution < 1.29 is 0 Å². The molecule has 1 radical (unpaired) electrons. The standard InChI is InChI=1S/C17H19/c1-12-10-13(2)17(14(3)11-12)15(4)16-8-6-5-7-9-16/h5-11H,1-4H3. The van der Waals surface area contributed by atoms with Crippen molar-refractivity contribution in [1.29, 1.82) is 0 Å². The highest BCUT2D eigenvalue weighted by Crippen LogP contribution is 2.29. The van der Waals surface area contributed by atoms with Gasteiger partial charge in [-0.3, -0.25) is 0 Å². The Kier molecular flexibility index (Phi) is 3.33. The summed E-state index contributed by atoms with van der Waals surface area (Å²) < 4.78 is 0. The maximum atomic E-state index is 2.26. The fraction of sp³-hybridized carbons (Fsp3) is 0.235. The highest BCUT2D eigenvalue weighted by molar-refractivity contribution is 5.52. The van der Waals surface area contributed by atoms with Crippen molar-refractivity contribution in [3.8, 4) is 0 Å². The van der Waals surface area contributed by atoms with Crippen LogP contribution < -0.4 is 0 Å². The molecular weight excluding hydrogens is 204 g/mol. The van der Waals surface area contributed by atoms with Gasteiger partial charge < -0.3 is 0 Å². The van der Waals surface area contributed by atoms with Crippen molar-refractivity contribution in [2.24, 2.45) is 0 Å². The lowest BCUT2D eigenvalue weighted by atomic mass is 9.86. The Morgan fingerprint density at radius 3 is 1.88 bits per heavy atom. The lowest BCUT2D eigenvalue weighted by Crippen LogP contribution is -2.03. The van der Waals surface area contributed by atoms with E-state index in [9.17, 15) is 0 Å². The monoisotopic (exact) mass is 223 g/mol. The summed E-state index contributed by atoms with van der Waals surface area (Å²) in [6.45, 7) is 8.76. The first-order valence-corrected chi connectivity index (χ1v) is 6.07. The van der Waals surface area contributed by atoms with Crippen LogP contribution in [0.1, 0.15) is 34.7 Å². The number of hydrogen-bond donors (Lipinski definition) is 0. The highest BCUT2D eigenvalue weighted by Gasteiger charge is 2.14. The average molecular weight is 223 g/mol. The second-order valence-corrected chi connectivity index (χ2v) is 4.76. The molecule has 0 aliphatic carbocycles. The summed E-state index contributed by atoms with van der Waals surface area (Å²) in [4.78, 5) is 0. The minimum atomic E-state index is 1.31. The van der Waals surface area contributed by atoms with Crippen molar-refractivity contribution in [3.05, 3.63) is 76.2 Å². The van der Waals surface area contributed by atoms with Crippen LogP contribution in [0.4, 0.5) is 0 Å². The van der Waals surface area contributed by atoms with E-state index in [2.05, 4.69) is 70.2 Å². The van der Waals surface area contributed by atoms with Crippen LogP contribution in [-0.2, 0) is 0 Å². The third-order valence-corrected chi connectivity index (χ3v) is 3.26. The Morgan fingerprint density at radius 1 is 0.824 bits per heavy atom. The van der Waals surface area contributed by atoms with Crippen LogP contribution in [0.2, 0.25) is 0 Å². The number of benzene rings is 2. The maximum Gasteiger partial charge on any atom is 0.0314 e. The molecule has 0 spiro atoms. The molecule has 0 fully saturated rings. The Morgan fingerprint density at radius 2 is 1.35 bits per heavy atom. The third kappa shape index (κ3) is 2.41. The largest absolute Gasteiger partial charge is 0.0622 e. The predicted octanol–water partition coefficient (Wildman–Crippen LogP) is 4.60. The Hall–Kier alpha value is -1.56. The molecule has 2 rings (SSSR count). The van der Waals surface area contributed by atoms with Crippen LogP contribution >= 0.6 is 0 Å². The molecule has 0 aromatic heterocycles. The molecule has 0 aliphatic rings. The zero-order valence-corrected chi connectivity index (χ0v) is 11.0. The molecule has 0 amide bonds. The quantitative estimate of drug-likeness (QED) is 0.698. The van der Waals surface area contributed by atoms with Gasteiger partial charge >= 0.3 is 0 Å². The summed E-state index contributed by atoms with van der Waals surface area (Å²) in [5.41, 5.74) is 6.77. The van der Waals surface area contributed by atoms with E-state index < -0.39 is 0 Å². The van der Waals surface area contributed by atoms with Crippen LogP contribution in [0.15, 0.2) is 42.5 Å². The number of rotatable bonds is 2. The number of aryl methyl sites for hydroxylation is 3. The molecule has 87 valence electrons. The molecule has 2 aromatic carbocycles. The molecule has 0 unspecified atom stereocenters. The van der Waals surface area contributed by atoms with Gasteiger partial charge in [0.2, 0.25) is 0 Å². The summed E-state index contributed by atoms with van der Waals surface area (Å²) in [5, 5.41) is 0. The molecule has 0 saturated carbocycles. The second-order valence-electron chi connectivity index (χ2n) is 4.76. The van der Waals surface area contributed by atoms with Crippen molar-refractivity contribution in [2.75, 3.05) is 0 Å². The van der Waals surface area contributed by atoms with Gasteiger partial charge in [0.05, 0.1) is 0 Å². The fourth-order valence-electron chi connectivity index (χ4n) is 2.60. The van der Waals surface area contributed by atoms with Gasteiger partial charge in [0, 0.05) is 5.92 Å². The first kappa shape index (κ1) is 11.9. The SMILES string of the molecule is C[C](c1ccccc1)c1c(C)cc(C)cc1C. The van der Waals surface area contributed by atoms with Gasteiger partial charge in [0.15, 0.2) is 0 Å². The first-order chi connectivity index (χ1) is 8.09. The summed E-state index contributed by atoms with van der Waals surface area (Å²) in [5.74, 6) is 1.36. The Balaban J connectivity index is 2.48. The van der Waals surface area contributed by atoms with Crippen LogP contribution in [0.5, 0.6) is 0 Å². The summed E-state index contributed by atoms with van der Waals surface area (Å²) in [6.07, 6.45) is 0. The van der Waals surface area contributed by atoms with E-state index in [1.54, 1.807) is 0 Å². The van der Waals surface area contributed by atoms with E-state index in [0.29, 0.717) is 0 Å². The third-order valence-electron chi connectivity index (χ3n) is 3.26. The van der Waals surface area contributed by atoms with Crippen molar-refractivity contribution in [1.82, 2.24) is 0 Å². The van der Waals surface area contributed by atoms with Crippen molar-refractivity contribution in [2.45, 2.75) is 27.7 Å². The average Bonchev–Trinajstić information content (AvgIpc) is 2.28. The molecule has 0 nitrogen and oxygen atoms in total. The molecule has 0 bridgehead atoms. The molecule has 0 atom stereocenters. The van der Waals surface area contributed by atoms with Crippen LogP contribution in [-0.4, -0.2) is 0 Å². The molecule has 0 saturated heterocycles. The molecule has 0 aliphatic heterocycles. The molecule has 0 heteroatoms. The van der Waals surface area contributed by atoms with Gasteiger partial charge in [-0.15, -0.1) is 0 Å². The predicted molar refractivity (Wildman–Crippen MR) is 74.2 cm³/mol. The van der Waals surface area contributed by atoms with Gasteiger partial charge in [-0.25, -0.2) is 0 Å². The Labute approximate surface area is 104 Å². The minimum absolute atomic E-state index is 1.31. The zero-order chi connectivity index (χ0) is 12.4. The summed E-state index contributed by atoms with van der Waals surface area (Å²) >= 11 is 0. The smallest absolute Gasteiger partial charge is 0.0314 e. The number of hydrogen-bond acceptors (Lipinski definition) is 0.